The number of rotatable bonds is 5. The second-order valence-corrected chi connectivity index (χ2v) is 7.39. The minimum absolute atomic E-state index is 0.123. The first-order valence-electron chi connectivity index (χ1n) is 7.24. The first-order chi connectivity index (χ1) is 11.2. The van der Waals surface area contributed by atoms with Crippen molar-refractivity contribution in [2.24, 2.45) is 5.14 Å². The summed E-state index contributed by atoms with van der Waals surface area (Å²) < 4.78 is 28.3. The number of methoxy groups -OCH3 is 1. The summed E-state index contributed by atoms with van der Waals surface area (Å²) in [6.07, 6.45) is 0. The van der Waals surface area contributed by atoms with Crippen molar-refractivity contribution >= 4 is 21.6 Å². The second kappa shape index (κ2) is 6.62. The van der Waals surface area contributed by atoms with Crippen LogP contribution < -0.4 is 15.2 Å². The Morgan fingerprint density at radius 1 is 1.12 bits per heavy atom. The van der Waals surface area contributed by atoms with Gasteiger partial charge in [0.15, 0.2) is 0 Å². The fourth-order valence-corrected chi connectivity index (χ4v) is 2.97. The average Bonchev–Trinajstić information content (AvgIpc) is 2.54. The van der Waals surface area contributed by atoms with E-state index in [1.807, 2.05) is 30.3 Å². The van der Waals surface area contributed by atoms with Crippen molar-refractivity contribution in [3.63, 3.8) is 0 Å². The minimum Gasteiger partial charge on any atom is -0.495 e. The van der Waals surface area contributed by atoms with E-state index in [0.717, 1.165) is 5.56 Å². The van der Waals surface area contributed by atoms with Crippen LogP contribution in [0.15, 0.2) is 53.4 Å². The molecule has 0 aromatic heterocycles. The lowest BCUT2D eigenvalue weighted by Gasteiger charge is -2.24. The van der Waals surface area contributed by atoms with Gasteiger partial charge in [0.2, 0.25) is 15.9 Å². The van der Waals surface area contributed by atoms with Gasteiger partial charge in [-0.3, -0.25) is 4.79 Å². The zero-order valence-electron chi connectivity index (χ0n) is 13.7. The Morgan fingerprint density at radius 3 is 2.29 bits per heavy atom. The van der Waals surface area contributed by atoms with Crippen LogP contribution in [0.5, 0.6) is 5.75 Å². The fourth-order valence-electron chi connectivity index (χ4n) is 2.25. The maximum atomic E-state index is 12.6. The van der Waals surface area contributed by atoms with Crippen LogP contribution in [0.25, 0.3) is 0 Å². The van der Waals surface area contributed by atoms with Crippen LogP contribution in [0.3, 0.4) is 0 Å². The van der Waals surface area contributed by atoms with Gasteiger partial charge in [0, 0.05) is 5.69 Å². The normalized spacial score (nSPS) is 11.8. The summed E-state index contributed by atoms with van der Waals surface area (Å²) in [6.45, 7) is 3.59. The number of hydrogen-bond donors (Lipinski definition) is 2. The molecular formula is C17H20N2O4S. The van der Waals surface area contributed by atoms with E-state index in [2.05, 4.69) is 5.32 Å². The first kappa shape index (κ1) is 18.0. The van der Waals surface area contributed by atoms with E-state index in [-0.39, 0.29) is 16.6 Å². The standard InChI is InChI=1S/C17H20N2O4S/c1-17(2,12-7-5-4-6-8-12)16(20)19-13-9-10-14(23-3)15(11-13)24(18,21)22/h4-11H,1-3H3,(H,19,20)(H2,18,21,22). The number of hydrogen-bond acceptors (Lipinski definition) is 4. The van der Waals surface area contributed by atoms with Crippen molar-refractivity contribution in [2.75, 3.05) is 12.4 Å². The lowest BCUT2D eigenvalue weighted by molar-refractivity contribution is -0.120. The molecule has 0 bridgehead atoms. The number of ether oxygens (including phenoxy) is 1. The van der Waals surface area contributed by atoms with Crippen LogP contribution in [0.4, 0.5) is 5.69 Å². The predicted molar refractivity (Wildman–Crippen MR) is 92.5 cm³/mol. The highest BCUT2D eigenvalue weighted by molar-refractivity contribution is 7.89. The summed E-state index contributed by atoms with van der Waals surface area (Å²) in [5, 5.41) is 7.92. The topological polar surface area (TPSA) is 98.5 Å². The molecule has 3 N–H and O–H groups in total. The first-order valence-corrected chi connectivity index (χ1v) is 8.78. The van der Waals surface area contributed by atoms with Gasteiger partial charge in [0.05, 0.1) is 12.5 Å². The molecule has 0 spiro atoms. The van der Waals surface area contributed by atoms with Crippen molar-refractivity contribution in [1.82, 2.24) is 0 Å². The third kappa shape index (κ3) is 3.74. The number of anilines is 1. The second-order valence-electron chi connectivity index (χ2n) is 5.86. The SMILES string of the molecule is COc1ccc(NC(=O)C(C)(C)c2ccccc2)cc1S(N)(=O)=O. The van der Waals surface area contributed by atoms with Crippen molar-refractivity contribution in [3.05, 3.63) is 54.1 Å². The Bertz CT molecular complexity index is 846. The fraction of sp³-hybridized carbons (Fsp3) is 0.235. The molecule has 0 atom stereocenters. The molecule has 0 unspecified atom stereocenters. The van der Waals surface area contributed by atoms with E-state index in [0.29, 0.717) is 5.69 Å². The Morgan fingerprint density at radius 2 is 1.75 bits per heavy atom. The summed E-state index contributed by atoms with van der Waals surface area (Å²) in [5.41, 5.74) is 0.389. The Labute approximate surface area is 141 Å². The molecule has 2 aromatic carbocycles. The van der Waals surface area contributed by atoms with Crippen LogP contribution in [-0.4, -0.2) is 21.4 Å². The number of carbonyl (C=O) groups is 1. The Balaban J connectivity index is 2.33. The maximum absolute atomic E-state index is 12.6. The molecule has 7 heteroatoms. The number of carbonyl (C=O) groups excluding carboxylic acids is 1. The van der Waals surface area contributed by atoms with E-state index in [4.69, 9.17) is 9.88 Å². The van der Waals surface area contributed by atoms with Crippen molar-refractivity contribution in [1.29, 1.82) is 0 Å². The molecule has 6 nitrogen and oxygen atoms in total. The highest BCUT2D eigenvalue weighted by atomic mass is 32.2. The third-order valence-electron chi connectivity index (χ3n) is 3.79. The van der Waals surface area contributed by atoms with E-state index < -0.39 is 15.4 Å². The Hall–Kier alpha value is -2.38. The summed E-state index contributed by atoms with van der Waals surface area (Å²) in [7, 11) is -2.62. The van der Waals surface area contributed by atoms with Gasteiger partial charge in [-0.25, -0.2) is 13.6 Å². The predicted octanol–water partition coefficient (Wildman–Crippen LogP) is 2.26. The van der Waals surface area contributed by atoms with Crippen LogP contribution in [0.2, 0.25) is 0 Å². The van der Waals surface area contributed by atoms with Crippen LogP contribution in [0, 0.1) is 0 Å². The molecule has 0 fully saturated rings. The number of nitrogens with two attached hydrogens (primary N) is 1. The van der Waals surface area contributed by atoms with Crippen LogP contribution >= 0.6 is 0 Å². The van der Waals surface area contributed by atoms with Gasteiger partial charge in [-0.05, 0) is 37.6 Å². The molecule has 128 valence electrons. The molecule has 0 aliphatic rings. The quantitative estimate of drug-likeness (QED) is 0.866. The summed E-state index contributed by atoms with van der Waals surface area (Å²) in [4.78, 5) is 12.4. The minimum atomic E-state index is -3.97. The smallest absolute Gasteiger partial charge is 0.241 e. The van der Waals surface area contributed by atoms with E-state index in [9.17, 15) is 13.2 Å². The van der Waals surface area contributed by atoms with E-state index in [1.165, 1.54) is 19.2 Å². The zero-order valence-corrected chi connectivity index (χ0v) is 14.6. The molecule has 0 saturated heterocycles. The number of sulfonamides is 1. The number of primary sulfonamides is 1. The molecular weight excluding hydrogens is 328 g/mol. The molecule has 0 heterocycles. The van der Waals surface area contributed by atoms with Gasteiger partial charge in [-0.2, -0.15) is 0 Å². The van der Waals surface area contributed by atoms with Crippen LogP contribution in [0.1, 0.15) is 19.4 Å². The lowest BCUT2D eigenvalue weighted by Crippen LogP contribution is -2.34. The third-order valence-corrected chi connectivity index (χ3v) is 4.72. The number of nitrogens with one attached hydrogen (secondary N) is 1. The van der Waals surface area contributed by atoms with Gasteiger partial charge < -0.3 is 10.1 Å². The van der Waals surface area contributed by atoms with Gasteiger partial charge in [0.1, 0.15) is 10.6 Å². The molecule has 0 aliphatic carbocycles. The van der Waals surface area contributed by atoms with Crippen LogP contribution in [-0.2, 0) is 20.2 Å². The van der Waals surface area contributed by atoms with Gasteiger partial charge >= 0.3 is 0 Å². The van der Waals surface area contributed by atoms with Crippen molar-refractivity contribution in [3.8, 4) is 5.75 Å². The molecule has 2 rings (SSSR count). The molecule has 1 amide bonds. The average molecular weight is 348 g/mol. The molecule has 0 saturated carbocycles. The highest BCUT2D eigenvalue weighted by Crippen LogP contribution is 2.28. The van der Waals surface area contributed by atoms with Gasteiger partial charge in [-0.15, -0.1) is 0 Å². The number of benzene rings is 2. The highest BCUT2D eigenvalue weighted by Gasteiger charge is 2.30. The largest absolute Gasteiger partial charge is 0.495 e. The van der Waals surface area contributed by atoms with E-state index in [1.54, 1.807) is 19.9 Å². The van der Waals surface area contributed by atoms with Gasteiger partial charge in [0.25, 0.3) is 0 Å². The summed E-state index contributed by atoms with van der Waals surface area (Å²) in [5.74, 6) is -0.142. The summed E-state index contributed by atoms with van der Waals surface area (Å²) >= 11 is 0. The molecule has 2 aromatic rings. The Kier molecular flexibility index (Phi) is 4.96. The lowest BCUT2D eigenvalue weighted by atomic mass is 9.83. The van der Waals surface area contributed by atoms with Crippen molar-refractivity contribution in [2.45, 2.75) is 24.2 Å². The molecule has 0 aliphatic heterocycles. The van der Waals surface area contributed by atoms with Crippen molar-refractivity contribution < 1.29 is 17.9 Å². The maximum Gasteiger partial charge on any atom is 0.241 e. The zero-order chi connectivity index (χ0) is 18.0. The molecule has 24 heavy (non-hydrogen) atoms. The van der Waals surface area contributed by atoms with E-state index >= 15 is 0 Å². The monoisotopic (exact) mass is 348 g/mol. The van der Waals surface area contributed by atoms with Gasteiger partial charge in [-0.1, -0.05) is 30.3 Å². The summed E-state index contributed by atoms with van der Waals surface area (Å²) in [6, 6.07) is 13.6. The molecule has 0 radical (unpaired) electrons. The number of amides is 1.